The number of ether oxygens (including phenoxy) is 1. The van der Waals surface area contributed by atoms with Crippen LogP contribution in [0.2, 0.25) is 0 Å². The predicted molar refractivity (Wildman–Crippen MR) is 72.9 cm³/mol. The van der Waals surface area contributed by atoms with Crippen molar-refractivity contribution in [1.82, 2.24) is 4.98 Å². The highest BCUT2D eigenvalue weighted by atomic mass is 16.6. The lowest BCUT2D eigenvalue weighted by atomic mass is 10.0. The molecular weight excluding hydrogens is 228 g/mol. The molecule has 0 radical (unpaired) electrons. The number of nitrogens with zero attached hydrogens (tertiary/aromatic N) is 1. The Bertz CT molecular complexity index is 434. The Labute approximate surface area is 109 Å². The molecule has 0 atom stereocenters. The summed E-state index contributed by atoms with van der Waals surface area (Å²) in [5, 5.41) is 2.66. The van der Waals surface area contributed by atoms with Crippen molar-refractivity contribution in [2.75, 3.05) is 5.32 Å². The number of carbonyl (C=O) groups is 1. The van der Waals surface area contributed by atoms with Gasteiger partial charge in [0.05, 0.1) is 0 Å². The average molecular weight is 250 g/mol. The number of aryl methyl sites for hydroxylation is 1. The van der Waals surface area contributed by atoms with Crippen LogP contribution in [0.5, 0.6) is 0 Å². The molecule has 0 fully saturated rings. The number of anilines is 1. The second-order valence-electron chi connectivity index (χ2n) is 5.72. The minimum Gasteiger partial charge on any atom is -0.444 e. The van der Waals surface area contributed by atoms with Crippen LogP contribution in [0.25, 0.3) is 0 Å². The molecule has 0 aromatic carbocycles. The summed E-state index contributed by atoms with van der Waals surface area (Å²) in [4.78, 5) is 15.9. The second kappa shape index (κ2) is 5.38. The normalized spacial score (nSPS) is 11.5. The van der Waals surface area contributed by atoms with Crippen LogP contribution >= 0.6 is 0 Å². The zero-order valence-electron chi connectivity index (χ0n) is 12.0. The zero-order chi connectivity index (χ0) is 13.9. The van der Waals surface area contributed by atoms with Crippen LogP contribution in [0.15, 0.2) is 12.3 Å². The van der Waals surface area contributed by atoms with Crippen LogP contribution in [0.1, 0.15) is 51.7 Å². The van der Waals surface area contributed by atoms with Crippen LogP contribution < -0.4 is 5.32 Å². The average Bonchev–Trinajstić information content (AvgIpc) is 2.17. The van der Waals surface area contributed by atoms with Crippen molar-refractivity contribution in [3.63, 3.8) is 0 Å². The largest absolute Gasteiger partial charge is 0.444 e. The fourth-order valence-electron chi connectivity index (χ4n) is 1.44. The minimum atomic E-state index is -0.504. The van der Waals surface area contributed by atoms with Gasteiger partial charge in [-0.3, -0.25) is 5.32 Å². The quantitative estimate of drug-likeness (QED) is 0.867. The first-order chi connectivity index (χ1) is 8.19. The van der Waals surface area contributed by atoms with Gasteiger partial charge in [0.25, 0.3) is 0 Å². The summed E-state index contributed by atoms with van der Waals surface area (Å²) in [6.45, 7) is 11.6. The topological polar surface area (TPSA) is 51.2 Å². The third-order valence-electron chi connectivity index (χ3n) is 2.39. The molecule has 4 heteroatoms. The van der Waals surface area contributed by atoms with E-state index in [2.05, 4.69) is 24.1 Å². The van der Waals surface area contributed by atoms with Gasteiger partial charge in [0.15, 0.2) is 0 Å². The summed E-state index contributed by atoms with van der Waals surface area (Å²) in [6, 6.07) is 2.03. The number of carbonyl (C=O) groups excluding carboxylic acids is 1. The van der Waals surface area contributed by atoms with Crippen molar-refractivity contribution in [3.8, 4) is 0 Å². The van der Waals surface area contributed by atoms with E-state index in [0.717, 1.165) is 11.1 Å². The standard InChI is InChI=1S/C14H22N2O2/c1-9(2)11-7-10(3)12(15-8-11)16-13(17)18-14(4,5)6/h7-9H,1-6H3,(H,15,16,17). The molecule has 0 spiro atoms. The summed E-state index contributed by atoms with van der Waals surface area (Å²) in [5.41, 5.74) is 1.59. The molecule has 0 saturated carbocycles. The molecule has 0 saturated heterocycles. The van der Waals surface area contributed by atoms with Crippen molar-refractivity contribution >= 4 is 11.9 Å². The maximum absolute atomic E-state index is 11.6. The summed E-state index contributed by atoms with van der Waals surface area (Å²) >= 11 is 0. The SMILES string of the molecule is Cc1cc(C(C)C)cnc1NC(=O)OC(C)(C)C. The number of hydrogen-bond donors (Lipinski definition) is 1. The summed E-state index contributed by atoms with van der Waals surface area (Å²) in [5.74, 6) is 0.973. The van der Waals surface area contributed by atoms with Crippen molar-refractivity contribution in [3.05, 3.63) is 23.4 Å². The molecular formula is C14H22N2O2. The monoisotopic (exact) mass is 250 g/mol. The van der Waals surface area contributed by atoms with Gasteiger partial charge in [0.1, 0.15) is 11.4 Å². The minimum absolute atomic E-state index is 0.423. The first-order valence-electron chi connectivity index (χ1n) is 6.15. The van der Waals surface area contributed by atoms with E-state index in [4.69, 9.17) is 4.74 Å². The molecule has 1 aromatic rings. The Morgan fingerprint density at radius 1 is 1.39 bits per heavy atom. The van der Waals surface area contributed by atoms with Crippen LogP contribution in [-0.4, -0.2) is 16.7 Å². The fourth-order valence-corrected chi connectivity index (χ4v) is 1.44. The molecule has 100 valence electrons. The second-order valence-corrected chi connectivity index (χ2v) is 5.72. The van der Waals surface area contributed by atoms with Gasteiger partial charge < -0.3 is 4.74 Å². The predicted octanol–water partition coefficient (Wildman–Crippen LogP) is 3.86. The summed E-state index contributed by atoms with van der Waals surface area (Å²) < 4.78 is 5.18. The smallest absolute Gasteiger partial charge is 0.413 e. The van der Waals surface area contributed by atoms with E-state index < -0.39 is 11.7 Å². The van der Waals surface area contributed by atoms with E-state index in [-0.39, 0.29) is 0 Å². The van der Waals surface area contributed by atoms with Gasteiger partial charge in [-0.25, -0.2) is 9.78 Å². The summed E-state index contributed by atoms with van der Waals surface area (Å²) in [6.07, 6.45) is 1.31. The molecule has 4 nitrogen and oxygen atoms in total. The van der Waals surface area contributed by atoms with E-state index in [1.807, 2.05) is 33.8 Å². The number of rotatable bonds is 2. The van der Waals surface area contributed by atoms with Crippen LogP contribution in [0, 0.1) is 6.92 Å². The van der Waals surface area contributed by atoms with E-state index in [1.165, 1.54) is 0 Å². The molecule has 1 N–H and O–H groups in total. The molecule has 0 unspecified atom stereocenters. The number of pyridine rings is 1. The number of hydrogen-bond acceptors (Lipinski definition) is 3. The molecule has 1 rings (SSSR count). The zero-order valence-corrected chi connectivity index (χ0v) is 12.0. The number of nitrogens with one attached hydrogen (secondary N) is 1. The highest BCUT2D eigenvalue weighted by molar-refractivity contribution is 5.84. The van der Waals surface area contributed by atoms with Crippen LogP contribution in [0.4, 0.5) is 10.6 Å². The van der Waals surface area contributed by atoms with Gasteiger partial charge in [0, 0.05) is 6.20 Å². The van der Waals surface area contributed by atoms with E-state index in [9.17, 15) is 4.79 Å². The third-order valence-corrected chi connectivity index (χ3v) is 2.39. The van der Waals surface area contributed by atoms with Gasteiger partial charge >= 0.3 is 6.09 Å². The Morgan fingerprint density at radius 2 is 2.00 bits per heavy atom. The Morgan fingerprint density at radius 3 is 2.44 bits per heavy atom. The van der Waals surface area contributed by atoms with Crippen molar-refractivity contribution in [2.45, 2.75) is 53.1 Å². The molecule has 0 bridgehead atoms. The molecule has 0 aliphatic rings. The first-order valence-corrected chi connectivity index (χ1v) is 6.15. The number of amides is 1. The first kappa shape index (κ1) is 14.5. The fraction of sp³-hybridized carbons (Fsp3) is 0.571. The van der Waals surface area contributed by atoms with E-state index >= 15 is 0 Å². The molecule has 0 aliphatic carbocycles. The highest BCUT2D eigenvalue weighted by Crippen LogP contribution is 2.19. The number of aromatic nitrogens is 1. The van der Waals surface area contributed by atoms with Crippen molar-refractivity contribution < 1.29 is 9.53 Å². The Hall–Kier alpha value is -1.58. The molecule has 18 heavy (non-hydrogen) atoms. The maximum Gasteiger partial charge on any atom is 0.413 e. The van der Waals surface area contributed by atoms with Gasteiger partial charge in [0.2, 0.25) is 0 Å². The van der Waals surface area contributed by atoms with Crippen LogP contribution in [0.3, 0.4) is 0 Å². The van der Waals surface area contributed by atoms with Crippen molar-refractivity contribution in [1.29, 1.82) is 0 Å². The van der Waals surface area contributed by atoms with Crippen LogP contribution in [-0.2, 0) is 4.74 Å². The highest BCUT2D eigenvalue weighted by Gasteiger charge is 2.17. The van der Waals surface area contributed by atoms with E-state index in [1.54, 1.807) is 6.20 Å². The Balaban J connectivity index is 2.77. The lowest BCUT2D eigenvalue weighted by molar-refractivity contribution is 0.0635. The van der Waals surface area contributed by atoms with Crippen molar-refractivity contribution in [2.24, 2.45) is 0 Å². The lowest BCUT2D eigenvalue weighted by Gasteiger charge is -2.20. The molecule has 0 aliphatic heterocycles. The summed E-state index contributed by atoms with van der Waals surface area (Å²) in [7, 11) is 0. The van der Waals surface area contributed by atoms with Gasteiger partial charge in [-0.05, 0) is 44.7 Å². The molecule has 1 heterocycles. The van der Waals surface area contributed by atoms with Gasteiger partial charge in [-0.15, -0.1) is 0 Å². The molecule has 1 amide bonds. The lowest BCUT2D eigenvalue weighted by Crippen LogP contribution is -2.27. The van der Waals surface area contributed by atoms with Gasteiger partial charge in [-0.2, -0.15) is 0 Å². The Kier molecular flexibility index (Phi) is 4.33. The molecule has 1 aromatic heterocycles. The van der Waals surface area contributed by atoms with E-state index in [0.29, 0.717) is 11.7 Å². The van der Waals surface area contributed by atoms with Gasteiger partial charge in [-0.1, -0.05) is 19.9 Å². The maximum atomic E-state index is 11.6. The third kappa shape index (κ3) is 4.35.